The van der Waals surface area contributed by atoms with E-state index in [9.17, 15) is 0 Å². The zero-order valence-electron chi connectivity index (χ0n) is 8.21. The first-order valence-corrected chi connectivity index (χ1v) is 5.20. The Bertz CT molecular complexity index is 315. The largest absolute Gasteiger partial charge is 0.493 e. The second kappa shape index (κ2) is 5.37. The zero-order chi connectivity index (χ0) is 10.6. The first kappa shape index (κ1) is 11.5. The maximum Gasteiger partial charge on any atom is 0.174 e. The maximum atomic E-state index is 5.85. The second-order valence-corrected chi connectivity index (χ2v) is 3.72. The van der Waals surface area contributed by atoms with Crippen LogP contribution in [0.15, 0.2) is 17.0 Å². The highest BCUT2D eigenvalue weighted by molar-refractivity contribution is 7.80. The van der Waals surface area contributed by atoms with Gasteiger partial charge in [-0.25, -0.2) is 0 Å². The Morgan fingerprint density at radius 1 is 1.43 bits per heavy atom. The lowest BCUT2D eigenvalue weighted by molar-refractivity contribution is 0.287. The highest BCUT2D eigenvalue weighted by Crippen LogP contribution is 2.36. The van der Waals surface area contributed by atoms with Crippen molar-refractivity contribution in [3.63, 3.8) is 0 Å². The summed E-state index contributed by atoms with van der Waals surface area (Å²) < 4.78 is 10.6. The number of hydrogen-bond donors (Lipinski definition) is 1. The lowest BCUT2D eigenvalue weighted by Gasteiger charge is -2.12. The summed E-state index contributed by atoms with van der Waals surface area (Å²) in [6, 6.07) is 3.45. The van der Waals surface area contributed by atoms with Crippen molar-refractivity contribution in [2.24, 2.45) is 0 Å². The average Bonchev–Trinajstić information content (AvgIpc) is 2.15. The molecular weight excluding hydrogens is 220 g/mol. The third-order valence-electron chi connectivity index (χ3n) is 1.67. The minimum atomic E-state index is 0.593. The maximum absolute atomic E-state index is 5.85. The summed E-state index contributed by atoms with van der Waals surface area (Å²) in [6.45, 7) is 2.69. The molecule has 2 nitrogen and oxygen atoms in total. The van der Waals surface area contributed by atoms with Gasteiger partial charge in [0, 0.05) is 11.1 Å². The van der Waals surface area contributed by atoms with Crippen LogP contribution in [0.3, 0.4) is 0 Å². The molecule has 0 radical (unpaired) electrons. The molecule has 78 valence electrons. The molecule has 0 aromatic heterocycles. The van der Waals surface area contributed by atoms with Gasteiger partial charge in [-0.2, -0.15) is 0 Å². The van der Waals surface area contributed by atoms with E-state index in [4.69, 9.17) is 21.1 Å². The first-order chi connectivity index (χ1) is 6.69. The third kappa shape index (κ3) is 2.72. The number of rotatable bonds is 4. The average molecular weight is 233 g/mol. The highest BCUT2D eigenvalue weighted by Gasteiger charge is 2.09. The normalized spacial score (nSPS) is 10.0. The fraction of sp³-hybridized carbons (Fsp3) is 0.400. The monoisotopic (exact) mass is 232 g/mol. The highest BCUT2D eigenvalue weighted by atomic mass is 35.5. The van der Waals surface area contributed by atoms with Crippen LogP contribution in [0, 0.1) is 0 Å². The molecule has 0 heterocycles. The smallest absolute Gasteiger partial charge is 0.174 e. The Morgan fingerprint density at radius 2 is 2.14 bits per heavy atom. The third-order valence-corrected chi connectivity index (χ3v) is 2.22. The van der Waals surface area contributed by atoms with E-state index in [-0.39, 0.29) is 0 Å². The second-order valence-electron chi connectivity index (χ2n) is 2.80. The molecule has 4 heteroatoms. The topological polar surface area (TPSA) is 18.5 Å². The number of methoxy groups -OCH3 is 1. The molecule has 0 spiro atoms. The lowest BCUT2D eigenvalue weighted by atomic mass is 10.3. The van der Waals surface area contributed by atoms with Gasteiger partial charge in [0.05, 0.1) is 18.6 Å². The molecule has 0 fully saturated rings. The minimum Gasteiger partial charge on any atom is -0.493 e. The first-order valence-electron chi connectivity index (χ1n) is 4.38. The van der Waals surface area contributed by atoms with Gasteiger partial charge >= 0.3 is 0 Å². The summed E-state index contributed by atoms with van der Waals surface area (Å²) in [5.74, 6) is 1.28. The Labute approximate surface area is 94.6 Å². The van der Waals surface area contributed by atoms with Crippen molar-refractivity contribution in [1.29, 1.82) is 0 Å². The molecule has 0 unspecified atom stereocenters. The Kier molecular flexibility index (Phi) is 4.42. The van der Waals surface area contributed by atoms with Crippen molar-refractivity contribution in [3.8, 4) is 11.5 Å². The van der Waals surface area contributed by atoms with Crippen LogP contribution in [0.5, 0.6) is 11.5 Å². The van der Waals surface area contributed by atoms with Gasteiger partial charge < -0.3 is 9.47 Å². The van der Waals surface area contributed by atoms with E-state index in [1.165, 1.54) is 0 Å². The standard InChI is InChI=1S/C10H13ClO2S/c1-3-4-13-10-8(12-2)5-7(11)6-9(10)14/h5-6,14H,3-4H2,1-2H3. The van der Waals surface area contributed by atoms with Crippen molar-refractivity contribution < 1.29 is 9.47 Å². The van der Waals surface area contributed by atoms with Crippen molar-refractivity contribution in [2.45, 2.75) is 18.2 Å². The summed E-state index contributed by atoms with van der Waals surface area (Å²) in [5, 5.41) is 0.593. The van der Waals surface area contributed by atoms with E-state index in [2.05, 4.69) is 12.6 Å². The molecule has 1 aromatic carbocycles. The van der Waals surface area contributed by atoms with Gasteiger partial charge in [0.1, 0.15) is 0 Å². The molecule has 0 saturated heterocycles. The SMILES string of the molecule is CCCOc1c(S)cc(Cl)cc1OC. The molecule has 0 amide bonds. The van der Waals surface area contributed by atoms with Crippen LogP contribution in [-0.4, -0.2) is 13.7 Å². The molecule has 1 aromatic rings. The summed E-state index contributed by atoms with van der Waals surface area (Å²) in [5.41, 5.74) is 0. The van der Waals surface area contributed by atoms with Crippen LogP contribution < -0.4 is 9.47 Å². The summed E-state index contributed by atoms with van der Waals surface area (Å²) in [6.07, 6.45) is 0.943. The fourth-order valence-corrected chi connectivity index (χ4v) is 1.65. The molecule has 0 aliphatic rings. The Morgan fingerprint density at radius 3 is 2.71 bits per heavy atom. The predicted molar refractivity (Wildman–Crippen MR) is 61.0 cm³/mol. The van der Waals surface area contributed by atoms with Gasteiger partial charge in [-0.05, 0) is 12.5 Å². The predicted octanol–water partition coefficient (Wildman–Crippen LogP) is 3.43. The Hall–Kier alpha value is -0.540. The van der Waals surface area contributed by atoms with Crippen molar-refractivity contribution in [3.05, 3.63) is 17.2 Å². The summed E-state index contributed by atoms with van der Waals surface area (Å²) in [7, 11) is 1.58. The lowest BCUT2D eigenvalue weighted by Crippen LogP contribution is -1.98. The number of hydrogen-bond acceptors (Lipinski definition) is 3. The quantitative estimate of drug-likeness (QED) is 0.802. The van der Waals surface area contributed by atoms with Crippen molar-refractivity contribution in [2.75, 3.05) is 13.7 Å². The van der Waals surface area contributed by atoms with Gasteiger partial charge in [-0.15, -0.1) is 12.6 Å². The summed E-state index contributed by atoms with van der Waals surface area (Å²) in [4.78, 5) is 0.697. The number of ether oxygens (including phenoxy) is 2. The minimum absolute atomic E-state index is 0.593. The Balaban J connectivity index is 2.99. The molecule has 0 atom stereocenters. The molecule has 0 aliphatic heterocycles. The van der Waals surface area contributed by atoms with E-state index in [1.54, 1.807) is 19.2 Å². The van der Waals surface area contributed by atoms with Gasteiger partial charge in [0.2, 0.25) is 0 Å². The van der Waals surface area contributed by atoms with Crippen LogP contribution in [0.4, 0.5) is 0 Å². The summed E-state index contributed by atoms with van der Waals surface area (Å²) >= 11 is 10.1. The van der Waals surface area contributed by atoms with Crippen LogP contribution in [0.2, 0.25) is 5.02 Å². The molecule has 1 rings (SSSR count). The van der Waals surface area contributed by atoms with Gasteiger partial charge in [0.25, 0.3) is 0 Å². The molecule has 14 heavy (non-hydrogen) atoms. The number of halogens is 1. The van der Waals surface area contributed by atoms with E-state index in [0.717, 1.165) is 6.42 Å². The number of thiol groups is 1. The van der Waals surface area contributed by atoms with E-state index in [0.29, 0.717) is 28.0 Å². The van der Waals surface area contributed by atoms with Crippen LogP contribution in [0.1, 0.15) is 13.3 Å². The van der Waals surface area contributed by atoms with Gasteiger partial charge in [0.15, 0.2) is 11.5 Å². The van der Waals surface area contributed by atoms with Crippen LogP contribution in [-0.2, 0) is 0 Å². The number of benzene rings is 1. The molecule has 0 saturated carbocycles. The van der Waals surface area contributed by atoms with E-state index >= 15 is 0 Å². The fourth-order valence-electron chi connectivity index (χ4n) is 1.06. The van der Waals surface area contributed by atoms with Gasteiger partial charge in [-0.3, -0.25) is 0 Å². The van der Waals surface area contributed by atoms with Gasteiger partial charge in [-0.1, -0.05) is 18.5 Å². The van der Waals surface area contributed by atoms with E-state index < -0.39 is 0 Å². The van der Waals surface area contributed by atoms with Crippen LogP contribution >= 0.6 is 24.2 Å². The molecule has 0 aliphatic carbocycles. The zero-order valence-corrected chi connectivity index (χ0v) is 9.86. The van der Waals surface area contributed by atoms with Crippen LogP contribution in [0.25, 0.3) is 0 Å². The molecular formula is C10H13ClO2S. The van der Waals surface area contributed by atoms with E-state index in [1.807, 2.05) is 6.92 Å². The molecule has 0 N–H and O–H groups in total. The van der Waals surface area contributed by atoms with Crippen molar-refractivity contribution >= 4 is 24.2 Å². The molecule has 0 bridgehead atoms. The van der Waals surface area contributed by atoms with Crippen molar-refractivity contribution in [1.82, 2.24) is 0 Å².